The van der Waals surface area contributed by atoms with Crippen molar-refractivity contribution < 1.29 is 32.7 Å². The molecule has 0 aliphatic rings. The summed E-state index contributed by atoms with van der Waals surface area (Å²) in [6, 6.07) is 10.9. The van der Waals surface area contributed by atoms with Crippen LogP contribution in [0.1, 0.15) is 39.7 Å². The summed E-state index contributed by atoms with van der Waals surface area (Å²) in [4.78, 5) is 26.6. The molecule has 2 amide bonds. The summed E-state index contributed by atoms with van der Waals surface area (Å²) in [5.41, 5.74) is -0.209. The minimum absolute atomic E-state index is 0. The van der Waals surface area contributed by atoms with E-state index in [0.717, 1.165) is 0 Å². The number of anilines is 1. The molecule has 1 heterocycles. The fourth-order valence-electron chi connectivity index (χ4n) is 3.67. The molecule has 0 spiro atoms. The van der Waals surface area contributed by atoms with Gasteiger partial charge in [0, 0.05) is 25.1 Å². The Labute approximate surface area is 225 Å². The Balaban J connectivity index is 0.00000507. The Morgan fingerprint density at radius 2 is 1.92 bits per heavy atom. The van der Waals surface area contributed by atoms with Crippen LogP contribution in [0.25, 0.3) is 11.3 Å². The fraction of sp³-hybridized carbons (Fsp3) is 0.370. The SMILES string of the molecule is C.CN(C(=O)CCc1cccc(F)c1Cl)[C@H](COC(=O)Nc1cc(-c2cccc(F)c2)on1)CC(C)(C)O. The van der Waals surface area contributed by atoms with Crippen LogP contribution in [0.3, 0.4) is 0 Å². The third-order valence-corrected chi connectivity index (χ3v) is 6.00. The van der Waals surface area contributed by atoms with Crippen LogP contribution in [0.15, 0.2) is 53.1 Å². The molecule has 8 nitrogen and oxygen atoms in total. The number of halogens is 3. The number of aryl methyl sites for hydroxylation is 1. The zero-order valence-electron chi connectivity index (χ0n) is 20.6. The molecule has 38 heavy (non-hydrogen) atoms. The van der Waals surface area contributed by atoms with Crippen molar-refractivity contribution in [2.75, 3.05) is 19.0 Å². The summed E-state index contributed by atoms with van der Waals surface area (Å²) < 4.78 is 37.5. The lowest BCUT2D eigenvalue weighted by molar-refractivity contribution is -0.134. The number of rotatable bonds is 10. The fourth-order valence-corrected chi connectivity index (χ4v) is 3.89. The van der Waals surface area contributed by atoms with E-state index >= 15 is 0 Å². The van der Waals surface area contributed by atoms with Crippen LogP contribution >= 0.6 is 11.6 Å². The largest absolute Gasteiger partial charge is 0.447 e. The van der Waals surface area contributed by atoms with E-state index in [0.29, 0.717) is 11.1 Å². The molecule has 1 aromatic heterocycles. The Morgan fingerprint density at radius 3 is 2.61 bits per heavy atom. The van der Waals surface area contributed by atoms with Gasteiger partial charge in [-0.1, -0.05) is 48.4 Å². The number of aromatic nitrogens is 1. The molecule has 0 fully saturated rings. The summed E-state index contributed by atoms with van der Waals surface area (Å²) in [5.74, 6) is -0.999. The monoisotopic (exact) mass is 551 g/mol. The van der Waals surface area contributed by atoms with Crippen LogP contribution in [0.5, 0.6) is 0 Å². The lowest BCUT2D eigenvalue weighted by Gasteiger charge is -2.32. The Kier molecular flexibility index (Phi) is 10.8. The van der Waals surface area contributed by atoms with Gasteiger partial charge in [0.15, 0.2) is 11.6 Å². The molecule has 11 heteroatoms. The number of aliphatic hydroxyl groups is 1. The topological polar surface area (TPSA) is 105 Å². The standard InChI is InChI=1S/C26H28ClF2N3O5.CH4/c1-26(2,35)14-19(32(3)23(33)11-10-16-6-5-9-20(29)24(16)27)15-36-25(34)30-22-13-21(37-31-22)17-7-4-8-18(28)12-17;/h4-9,12-13,19,35H,10-11,14-15H2,1-3H3,(H,30,31,34);1H4/t19-;/m0./s1. The van der Waals surface area contributed by atoms with Crippen molar-refractivity contribution in [2.24, 2.45) is 0 Å². The summed E-state index contributed by atoms with van der Waals surface area (Å²) in [6.07, 6.45) is -0.476. The first-order valence-electron chi connectivity index (χ1n) is 11.5. The molecule has 3 rings (SSSR count). The summed E-state index contributed by atoms with van der Waals surface area (Å²) >= 11 is 5.97. The number of amides is 2. The molecule has 1 atom stereocenters. The number of nitrogens with zero attached hydrogens (tertiary/aromatic N) is 2. The van der Waals surface area contributed by atoms with Crippen molar-refractivity contribution in [1.29, 1.82) is 0 Å². The number of hydrogen-bond acceptors (Lipinski definition) is 6. The maximum absolute atomic E-state index is 13.7. The van der Waals surface area contributed by atoms with E-state index in [9.17, 15) is 23.5 Å². The molecule has 2 aromatic carbocycles. The van der Waals surface area contributed by atoms with Crippen LogP contribution in [0.4, 0.5) is 19.4 Å². The van der Waals surface area contributed by atoms with Gasteiger partial charge in [-0.15, -0.1) is 0 Å². The second kappa shape index (κ2) is 13.3. The Morgan fingerprint density at radius 1 is 1.21 bits per heavy atom. The van der Waals surface area contributed by atoms with Crippen molar-refractivity contribution in [1.82, 2.24) is 10.1 Å². The minimum atomic E-state index is -1.16. The summed E-state index contributed by atoms with van der Waals surface area (Å²) in [6.45, 7) is 2.94. The molecule has 0 aliphatic carbocycles. The maximum atomic E-state index is 13.7. The number of nitrogens with one attached hydrogen (secondary N) is 1. The van der Waals surface area contributed by atoms with E-state index in [1.54, 1.807) is 26.0 Å². The van der Waals surface area contributed by atoms with Crippen LogP contribution in [0, 0.1) is 11.6 Å². The number of hydrogen-bond donors (Lipinski definition) is 2. The second-order valence-corrected chi connectivity index (χ2v) is 9.58. The zero-order valence-corrected chi connectivity index (χ0v) is 21.4. The molecule has 0 aliphatic heterocycles. The molecule has 0 saturated heterocycles. The van der Waals surface area contributed by atoms with Gasteiger partial charge in [-0.25, -0.2) is 13.6 Å². The van der Waals surface area contributed by atoms with E-state index in [1.165, 1.54) is 48.3 Å². The number of benzene rings is 2. The lowest BCUT2D eigenvalue weighted by Crippen LogP contribution is -2.45. The first kappa shape index (κ1) is 30.7. The van der Waals surface area contributed by atoms with Gasteiger partial charge in [-0.05, 0) is 50.5 Å². The molecular weight excluding hydrogens is 520 g/mol. The van der Waals surface area contributed by atoms with Crippen LogP contribution in [-0.4, -0.2) is 52.5 Å². The third kappa shape index (κ3) is 8.81. The highest BCUT2D eigenvalue weighted by Gasteiger charge is 2.28. The molecule has 0 saturated carbocycles. The van der Waals surface area contributed by atoms with Gasteiger partial charge >= 0.3 is 6.09 Å². The first-order chi connectivity index (χ1) is 17.4. The molecule has 2 N–H and O–H groups in total. The predicted molar refractivity (Wildman–Crippen MR) is 141 cm³/mol. The lowest BCUT2D eigenvalue weighted by atomic mass is 9.98. The Hall–Kier alpha value is -3.50. The van der Waals surface area contributed by atoms with Crippen molar-refractivity contribution in [3.8, 4) is 11.3 Å². The number of ether oxygens (including phenoxy) is 1. The first-order valence-corrected chi connectivity index (χ1v) is 11.9. The molecule has 0 radical (unpaired) electrons. The second-order valence-electron chi connectivity index (χ2n) is 9.20. The van der Waals surface area contributed by atoms with Gasteiger partial charge in [0.05, 0.1) is 16.7 Å². The summed E-state index contributed by atoms with van der Waals surface area (Å²) in [7, 11) is 1.54. The normalized spacial score (nSPS) is 11.9. The van der Waals surface area contributed by atoms with E-state index in [4.69, 9.17) is 20.9 Å². The Bertz CT molecular complexity index is 1250. The number of carbonyl (C=O) groups excluding carboxylic acids is 2. The quantitative estimate of drug-likeness (QED) is 0.316. The smallest absolute Gasteiger partial charge is 0.412 e. The number of likely N-dealkylation sites (N-methyl/N-ethyl adjacent to an activating group) is 1. The van der Waals surface area contributed by atoms with E-state index in [2.05, 4.69) is 10.5 Å². The number of carbonyl (C=O) groups is 2. The predicted octanol–water partition coefficient (Wildman–Crippen LogP) is 6.08. The van der Waals surface area contributed by atoms with Gasteiger partial charge in [0.2, 0.25) is 5.91 Å². The van der Waals surface area contributed by atoms with Crippen LogP contribution < -0.4 is 5.32 Å². The molecule has 3 aromatic rings. The van der Waals surface area contributed by atoms with E-state index in [-0.39, 0.29) is 55.8 Å². The third-order valence-electron chi connectivity index (χ3n) is 5.57. The van der Waals surface area contributed by atoms with Crippen LogP contribution in [-0.2, 0) is 16.0 Å². The van der Waals surface area contributed by atoms with Crippen molar-refractivity contribution >= 4 is 29.4 Å². The van der Waals surface area contributed by atoms with Gasteiger partial charge in [0.25, 0.3) is 0 Å². The van der Waals surface area contributed by atoms with Gasteiger partial charge in [-0.3, -0.25) is 10.1 Å². The average Bonchev–Trinajstić information content (AvgIpc) is 3.29. The molecule has 0 bridgehead atoms. The zero-order chi connectivity index (χ0) is 27.2. The molecule has 0 unspecified atom stereocenters. The highest BCUT2D eigenvalue weighted by atomic mass is 35.5. The highest BCUT2D eigenvalue weighted by molar-refractivity contribution is 6.31. The van der Waals surface area contributed by atoms with Crippen molar-refractivity contribution in [3.63, 3.8) is 0 Å². The van der Waals surface area contributed by atoms with Gasteiger partial charge in [-0.2, -0.15) is 0 Å². The maximum Gasteiger partial charge on any atom is 0.412 e. The van der Waals surface area contributed by atoms with Crippen LogP contribution in [0.2, 0.25) is 5.02 Å². The highest BCUT2D eigenvalue weighted by Crippen LogP contribution is 2.24. The molecular formula is C27H32ClF2N3O5. The average molecular weight is 552 g/mol. The molecule has 206 valence electrons. The van der Waals surface area contributed by atoms with E-state index in [1.807, 2.05) is 0 Å². The van der Waals surface area contributed by atoms with E-state index < -0.39 is 29.4 Å². The summed E-state index contributed by atoms with van der Waals surface area (Å²) in [5, 5.41) is 16.4. The van der Waals surface area contributed by atoms with Gasteiger partial charge in [0.1, 0.15) is 18.2 Å². The minimum Gasteiger partial charge on any atom is -0.447 e. The van der Waals surface area contributed by atoms with Crippen molar-refractivity contribution in [3.05, 3.63) is 70.8 Å². The van der Waals surface area contributed by atoms with Gasteiger partial charge < -0.3 is 19.3 Å². The van der Waals surface area contributed by atoms with Crippen molar-refractivity contribution in [2.45, 2.75) is 52.2 Å².